The Labute approximate surface area is 111 Å². The lowest BCUT2D eigenvalue weighted by Gasteiger charge is -2.28. The van der Waals surface area contributed by atoms with Crippen molar-refractivity contribution < 1.29 is 40.2 Å². The molecule has 9 nitrogen and oxygen atoms in total. The molecule has 1 rings (SSSR count). The average molecular weight is 297 g/mol. The summed E-state index contributed by atoms with van der Waals surface area (Å²) in [6.45, 7) is 0. The highest BCUT2D eigenvalue weighted by Crippen LogP contribution is 2.24. The molecule has 110 valence electrons. The molecule has 7 N–H and O–H groups in total. The standard InChI is InChI=1S/C9H15NO8S/c11-3(4(12)6(14)9(17)18)5(13)7-10-2(1-19-7)8(15)16/h2-7,10-14H,1H2,(H,15,16)(H,17,18)/t2-,3+,4-,5-,6-,7+/m0/s1. The quantitative estimate of drug-likeness (QED) is 0.263. The smallest absolute Gasteiger partial charge is 0.335 e. The minimum absolute atomic E-state index is 0.154. The molecule has 1 aliphatic heterocycles. The summed E-state index contributed by atoms with van der Waals surface area (Å²) in [5, 5.41) is 56.5. The van der Waals surface area contributed by atoms with Gasteiger partial charge >= 0.3 is 11.9 Å². The van der Waals surface area contributed by atoms with Crippen LogP contribution in [0.1, 0.15) is 0 Å². The first-order valence-corrected chi connectivity index (χ1v) is 6.36. The number of nitrogens with one attached hydrogen (secondary N) is 1. The van der Waals surface area contributed by atoms with Gasteiger partial charge in [0, 0.05) is 5.75 Å². The van der Waals surface area contributed by atoms with Gasteiger partial charge in [0.25, 0.3) is 0 Å². The molecule has 1 aliphatic rings. The zero-order chi connectivity index (χ0) is 14.7. The van der Waals surface area contributed by atoms with Gasteiger partial charge in [0.05, 0.1) is 5.37 Å². The number of hydrogen-bond donors (Lipinski definition) is 7. The van der Waals surface area contributed by atoms with Crippen LogP contribution in [0.4, 0.5) is 0 Å². The van der Waals surface area contributed by atoms with Gasteiger partial charge in [0.15, 0.2) is 6.10 Å². The summed E-state index contributed by atoms with van der Waals surface area (Å²) in [5.41, 5.74) is 0. The van der Waals surface area contributed by atoms with Gasteiger partial charge in [0.2, 0.25) is 0 Å². The van der Waals surface area contributed by atoms with Crippen molar-refractivity contribution in [2.45, 2.75) is 35.8 Å². The highest BCUT2D eigenvalue weighted by atomic mass is 32.2. The summed E-state index contributed by atoms with van der Waals surface area (Å²) in [5.74, 6) is -2.71. The molecular weight excluding hydrogens is 282 g/mol. The molecular formula is C9H15NO8S. The highest BCUT2D eigenvalue weighted by Gasteiger charge is 2.41. The summed E-state index contributed by atoms with van der Waals surface area (Å²) in [6.07, 6.45) is -7.88. The van der Waals surface area contributed by atoms with Gasteiger partial charge in [-0.1, -0.05) is 0 Å². The summed E-state index contributed by atoms with van der Waals surface area (Å²) < 4.78 is 0. The molecule has 1 saturated heterocycles. The second-order valence-electron chi connectivity index (χ2n) is 4.07. The van der Waals surface area contributed by atoms with E-state index in [1.807, 2.05) is 0 Å². The van der Waals surface area contributed by atoms with Crippen LogP contribution in [0.2, 0.25) is 0 Å². The number of carbonyl (C=O) groups is 2. The molecule has 1 fully saturated rings. The van der Waals surface area contributed by atoms with E-state index in [1.54, 1.807) is 0 Å². The molecule has 0 spiro atoms. The number of aliphatic hydroxyl groups is 4. The fourth-order valence-electron chi connectivity index (χ4n) is 1.55. The van der Waals surface area contributed by atoms with E-state index in [1.165, 1.54) is 0 Å². The first-order chi connectivity index (χ1) is 8.75. The maximum atomic E-state index is 10.7. The Morgan fingerprint density at radius 3 is 2.11 bits per heavy atom. The summed E-state index contributed by atoms with van der Waals surface area (Å²) in [7, 11) is 0. The molecule has 0 aliphatic carbocycles. The second-order valence-corrected chi connectivity index (χ2v) is 5.24. The van der Waals surface area contributed by atoms with Gasteiger partial charge in [0.1, 0.15) is 24.4 Å². The number of thioether (sulfide) groups is 1. The molecule has 0 bridgehead atoms. The summed E-state index contributed by atoms with van der Waals surface area (Å²) in [6, 6.07) is -0.904. The van der Waals surface area contributed by atoms with Crippen LogP contribution in [0.25, 0.3) is 0 Å². The maximum absolute atomic E-state index is 10.7. The summed E-state index contributed by atoms with van der Waals surface area (Å²) in [4.78, 5) is 21.1. The lowest BCUT2D eigenvalue weighted by atomic mass is 10.0. The molecule has 0 aromatic carbocycles. The largest absolute Gasteiger partial charge is 0.480 e. The van der Waals surface area contributed by atoms with E-state index in [-0.39, 0.29) is 5.75 Å². The predicted molar refractivity (Wildman–Crippen MR) is 62.5 cm³/mol. The minimum atomic E-state index is -2.24. The highest BCUT2D eigenvalue weighted by molar-refractivity contribution is 8.00. The Hall–Kier alpha value is -0.910. The first-order valence-electron chi connectivity index (χ1n) is 5.31. The Bertz CT molecular complexity index is 353. The van der Waals surface area contributed by atoms with Crippen LogP contribution in [0.3, 0.4) is 0 Å². The minimum Gasteiger partial charge on any atom is -0.480 e. The second kappa shape index (κ2) is 6.50. The molecule has 1 heterocycles. The van der Waals surface area contributed by atoms with E-state index in [9.17, 15) is 24.9 Å². The van der Waals surface area contributed by atoms with Crippen molar-refractivity contribution in [3.63, 3.8) is 0 Å². The van der Waals surface area contributed by atoms with Gasteiger partial charge < -0.3 is 30.6 Å². The van der Waals surface area contributed by atoms with Crippen LogP contribution in [-0.4, -0.2) is 84.2 Å². The maximum Gasteiger partial charge on any atom is 0.335 e. The van der Waals surface area contributed by atoms with Crippen LogP contribution in [0.15, 0.2) is 0 Å². The third kappa shape index (κ3) is 3.78. The Balaban J connectivity index is 2.60. The van der Waals surface area contributed by atoms with Crippen molar-refractivity contribution >= 4 is 23.7 Å². The molecule has 6 atom stereocenters. The number of carboxylic acid groups (broad SMARTS) is 2. The predicted octanol–water partition coefficient (Wildman–Crippen LogP) is -3.37. The van der Waals surface area contributed by atoms with Crippen LogP contribution in [-0.2, 0) is 9.59 Å². The van der Waals surface area contributed by atoms with Crippen molar-refractivity contribution in [2.24, 2.45) is 0 Å². The van der Waals surface area contributed by atoms with Crippen LogP contribution < -0.4 is 5.32 Å². The van der Waals surface area contributed by atoms with E-state index in [0.717, 1.165) is 11.8 Å². The number of carboxylic acids is 2. The zero-order valence-corrected chi connectivity index (χ0v) is 10.4. The van der Waals surface area contributed by atoms with Crippen molar-refractivity contribution in [3.8, 4) is 0 Å². The fraction of sp³-hybridized carbons (Fsp3) is 0.778. The molecule has 0 saturated carbocycles. The SMILES string of the molecule is O=C(O)[C@@H]1CS[C@H]([C@@H](O)[C@H](O)[C@H](O)[C@H](O)C(=O)O)N1. The number of aliphatic hydroxyl groups excluding tert-OH is 4. The Morgan fingerprint density at radius 2 is 1.68 bits per heavy atom. The zero-order valence-electron chi connectivity index (χ0n) is 9.58. The third-order valence-corrected chi connectivity index (χ3v) is 3.99. The van der Waals surface area contributed by atoms with Gasteiger partial charge in [-0.2, -0.15) is 0 Å². The van der Waals surface area contributed by atoms with Crippen molar-refractivity contribution in [1.29, 1.82) is 0 Å². The van der Waals surface area contributed by atoms with Crippen molar-refractivity contribution in [2.75, 3.05) is 5.75 Å². The van der Waals surface area contributed by atoms with Gasteiger partial charge in [-0.15, -0.1) is 11.8 Å². The number of rotatable bonds is 6. The molecule has 0 amide bonds. The van der Waals surface area contributed by atoms with Gasteiger partial charge in [-0.05, 0) is 0 Å². The van der Waals surface area contributed by atoms with Crippen molar-refractivity contribution in [3.05, 3.63) is 0 Å². The van der Waals surface area contributed by atoms with E-state index < -0.39 is 47.8 Å². The average Bonchev–Trinajstić information content (AvgIpc) is 2.84. The third-order valence-electron chi connectivity index (χ3n) is 2.69. The van der Waals surface area contributed by atoms with E-state index in [2.05, 4.69) is 5.32 Å². The molecule has 0 aromatic rings. The number of hydrogen-bond acceptors (Lipinski definition) is 8. The van der Waals surface area contributed by atoms with Crippen LogP contribution in [0, 0.1) is 0 Å². The molecule has 10 heteroatoms. The topological polar surface area (TPSA) is 168 Å². The summed E-state index contributed by atoms with van der Waals surface area (Å²) >= 11 is 1.01. The normalized spacial score (nSPS) is 29.5. The van der Waals surface area contributed by atoms with Crippen molar-refractivity contribution in [1.82, 2.24) is 5.32 Å². The van der Waals surface area contributed by atoms with Crippen LogP contribution in [0.5, 0.6) is 0 Å². The molecule has 0 unspecified atom stereocenters. The van der Waals surface area contributed by atoms with E-state index >= 15 is 0 Å². The Kier molecular flexibility index (Phi) is 5.52. The lowest BCUT2D eigenvalue weighted by Crippen LogP contribution is -2.53. The van der Waals surface area contributed by atoms with Crippen LogP contribution >= 0.6 is 11.8 Å². The molecule has 19 heavy (non-hydrogen) atoms. The first kappa shape index (κ1) is 16.1. The van der Waals surface area contributed by atoms with Gasteiger partial charge in [-0.3, -0.25) is 10.1 Å². The molecule has 0 radical (unpaired) electrons. The fourth-order valence-corrected chi connectivity index (χ4v) is 2.81. The number of aliphatic carboxylic acids is 2. The lowest BCUT2D eigenvalue weighted by molar-refractivity contribution is -0.162. The molecule has 0 aromatic heterocycles. The Morgan fingerprint density at radius 1 is 1.11 bits per heavy atom. The monoisotopic (exact) mass is 297 g/mol. The van der Waals surface area contributed by atoms with E-state index in [0.29, 0.717) is 0 Å². The van der Waals surface area contributed by atoms with E-state index in [4.69, 9.17) is 15.3 Å². The van der Waals surface area contributed by atoms with Gasteiger partial charge in [-0.25, -0.2) is 4.79 Å².